The summed E-state index contributed by atoms with van der Waals surface area (Å²) in [5, 5.41) is 23.9. The third-order valence-electron chi connectivity index (χ3n) is 5.16. The molecule has 0 bridgehead atoms. The number of nitrogens with one attached hydrogen (secondary N) is 1. The maximum absolute atomic E-state index is 11.4. The van der Waals surface area contributed by atoms with E-state index in [9.17, 15) is 23.2 Å². The maximum Gasteiger partial charge on any atom is 0.337 e. The van der Waals surface area contributed by atoms with E-state index in [1.54, 1.807) is 7.11 Å². The molecule has 14 heteroatoms. The van der Waals surface area contributed by atoms with Gasteiger partial charge in [-0.15, -0.1) is 0 Å². The summed E-state index contributed by atoms with van der Waals surface area (Å²) in [6, 6.07) is 7.49. The molecule has 1 aliphatic heterocycles. The molecule has 0 aliphatic carbocycles. The average molecular weight is 466 g/mol. The minimum Gasteiger partial charge on any atom is -0.497 e. The zero-order chi connectivity index (χ0) is 23.0. The summed E-state index contributed by atoms with van der Waals surface area (Å²) in [6.45, 7) is 0.429. The molecule has 3 aromatic rings. The molecule has 1 aromatic carbocycles. The summed E-state index contributed by atoms with van der Waals surface area (Å²) in [4.78, 5) is 12.7. The summed E-state index contributed by atoms with van der Waals surface area (Å²) in [7, 11) is -2.05. The molecule has 4 N–H and O–H groups in total. The lowest BCUT2D eigenvalue weighted by Gasteiger charge is -2.22. The second-order valence-electron chi connectivity index (χ2n) is 7.14. The van der Waals surface area contributed by atoms with Gasteiger partial charge in [0.05, 0.1) is 13.4 Å². The van der Waals surface area contributed by atoms with Crippen LogP contribution >= 0.6 is 0 Å². The molecule has 1 saturated heterocycles. The molecule has 0 saturated carbocycles. The Morgan fingerprint density at radius 3 is 2.75 bits per heavy atom. The molecule has 1 aliphatic rings. The van der Waals surface area contributed by atoms with Gasteiger partial charge < -0.3 is 25.0 Å². The number of imidazole rings is 1. The first kappa shape index (κ1) is 22.3. The number of aromatic nitrogens is 4. The Balaban J connectivity index is 1.59. The van der Waals surface area contributed by atoms with Crippen molar-refractivity contribution in [3.8, 4) is 5.75 Å². The van der Waals surface area contributed by atoms with Gasteiger partial charge in [0.25, 0.3) is 0 Å². The smallest absolute Gasteiger partial charge is 0.337 e. The van der Waals surface area contributed by atoms with Crippen LogP contribution in [0.25, 0.3) is 11.2 Å². The number of hydrogen-bond acceptors (Lipinski definition) is 10. The third-order valence-corrected chi connectivity index (χ3v) is 6.10. The topological polar surface area (TPSA) is 172 Å². The van der Waals surface area contributed by atoms with Crippen LogP contribution in [0, 0.1) is 0 Å². The number of fused-ring (bicyclic) bond motifs is 1. The van der Waals surface area contributed by atoms with E-state index in [4.69, 9.17) is 9.47 Å². The van der Waals surface area contributed by atoms with Crippen molar-refractivity contribution >= 4 is 27.3 Å². The predicted octanol–water partition coefficient (Wildman–Crippen LogP) is -0.242. The average Bonchev–Trinajstić information content (AvgIpc) is 3.33. The van der Waals surface area contributed by atoms with Crippen LogP contribution in [0.4, 0.5) is 5.82 Å². The predicted molar refractivity (Wildman–Crippen MR) is 111 cm³/mol. The number of rotatable bonds is 7. The molecule has 1 fully saturated rings. The molecule has 32 heavy (non-hydrogen) atoms. The van der Waals surface area contributed by atoms with E-state index in [1.807, 2.05) is 24.3 Å². The standard InChI is InChI=1S/C18H22N6O7S/c1-23(32(27,28)29)17-13(25)14(26)18(31-17)24-9-22-12-15(20-8-21-16(12)24)19-7-10-4-3-5-11(6-10)30-2/h3-6,8-9,13-14,17-18,25-26H,7H2,1-2H3,(H,19,20,21)(H,27,28,29)/t13-,14+,17+,18+/m0/s1. The first-order valence-electron chi connectivity index (χ1n) is 9.47. The SMILES string of the molecule is COc1cccc(CNc2ncnc3c2ncn3[C@@H]2O[C@@H](N(C)S(=O)(=O)O)[C@@H](O)[C@H]2O)c1. The van der Waals surface area contributed by atoms with E-state index in [-0.39, 0.29) is 0 Å². The van der Waals surface area contributed by atoms with E-state index in [2.05, 4.69) is 20.3 Å². The fraction of sp³-hybridized carbons (Fsp3) is 0.389. The van der Waals surface area contributed by atoms with Gasteiger partial charge in [-0.25, -0.2) is 15.0 Å². The van der Waals surface area contributed by atoms with Gasteiger partial charge in [0.1, 0.15) is 24.3 Å². The molecule has 4 rings (SSSR count). The first-order chi connectivity index (χ1) is 15.2. The lowest BCUT2D eigenvalue weighted by atomic mass is 10.2. The minimum atomic E-state index is -4.66. The second kappa shape index (κ2) is 8.57. The number of aliphatic hydroxyl groups excluding tert-OH is 2. The molecule has 4 atom stereocenters. The number of aliphatic hydroxyl groups is 2. The van der Waals surface area contributed by atoms with Crippen molar-refractivity contribution in [1.82, 2.24) is 23.8 Å². The van der Waals surface area contributed by atoms with Gasteiger partial charge in [-0.3, -0.25) is 9.12 Å². The summed E-state index contributed by atoms with van der Waals surface area (Å²) in [5.41, 5.74) is 1.62. The Morgan fingerprint density at radius 2 is 2.03 bits per heavy atom. The number of methoxy groups -OCH3 is 1. The number of hydrogen-bond donors (Lipinski definition) is 4. The Morgan fingerprint density at radius 1 is 1.25 bits per heavy atom. The summed E-state index contributed by atoms with van der Waals surface area (Å²) < 4.78 is 44.6. The third kappa shape index (κ3) is 4.11. The molecule has 172 valence electrons. The van der Waals surface area contributed by atoms with E-state index < -0.39 is 35.0 Å². The van der Waals surface area contributed by atoms with Crippen LogP contribution in [0.2, 0.25) is 0 Å². The van der Waals surface area contributed by atoms with Crippen LogP contribution in [0.15, 0.2) is 36.9 Å². The zero-order valence-corrected chi connectivity index (χ0v) is 17.9. The van der Waals surface area contributed by atoms with Crippen molar-refractivity contribution in [3.05, 3.63) is 42.5 Å². The van der Waals surface area contributed by atoms with Gasteiger partial charge in [0, 0.05) is 13.6 Å². The Labute approximate surface area is 183 Å². The van der Waals surface area contributed by atoms with Gasteiger partial charge in [-0.1, -0.05) is 12.1 Å². The van der Waals surface area contributed by atoms with Crippen molar-refractivity contribution in [2.24, 2.45) is 0 Å². The summed E-state index contributed by atoms with van der Waals surface area (Å²) in [6.07, 6.45) is -3.19. The summed E-state index contributed by atoms with van der Waals surface area (Å²) >= 11 is 0. The molecule has 2 aromatic heterocycles. The van der Waals surface area contributed by atoms with Crippen molar-refractivity contribution in [2.75, 3.05) is 19.5 Å². The van der Waals surface area contributed by atoms with E-state index in [0.717, 1.165) is 18.4 Å². The lowest BCUT2D eigenvalue weighted by Crippen LogP contribution is -2.44. The molecule has 13 nitrogen and oxygen atoms in total. The first-order valence-corrected chi connectivity index (χ1v) is 10.9. The van der Waals surface area contributed by atoms with Gasteiger partial charge in [-0.2, -0.15) is 12.7 Å². The van der Waals surface area contributed by atoms with Crippen molar-refractivity contribution < 1.29 is 32.7 Å². The monoisotopic (exact) mass is 466 g/mol. The molecule has 0 spiro atoms. The second-order valence-corrected chi connectivity index (χ2v) is 8.62. The van der Waals surface area contributed by atoms with E-state index in [1.165, 1.54) is 17.2 Å². The zero-order valence-electron chi connectivity index (χ0n) is 17.1. The highest BCUT2D eigenvalue weighted by molar-refractivity contribution is 7.83. The van der Waals surface area contributed by atoms with Gasteiger partial charge >= 0.3 is 10.3 Å². The quantitative estimate of drug-likeness (QED) is 0.339. The number of benzene rings is 1. The molecular weight excluding hydrogens is 444 g/mol. The number of anilines is 1. The molecule has 0 unspecified atom stereocenters. The fourth-order valence-corrected chi connectivity index (χ4v) is 3.88. The number of nitrogens with zero attached hydrogens (tertiary/aromatic N) is 5. The highest BCUT2D eigenvalue weighted by atomic mass is 32.2. The highest BCUT2D eigenvalue weighted by Gasteiger charge is 2.48. The fourth-order valence-electron chi connectivity index (χ4n) is 3.44. The van der Waals surface area contributed by atoms with Crippen LogP contribution in [-0.2, 0) is 21.6 Å². The number of likely N-dealkylation sites (N-methyl/N-ethyl adjacent to an activating group) is 1. The van der Waals surface area contributed by atoms with Crippen molar-refractivity contribution in [1.29, 1.82) is 0 Å². The lowest BCUT2D eigenvalue weighted by molar-refractivity contribution is -0.0723. The Hall–Kier alpha value is -2.88. The van der Waals surface area contributed by atoms with E-state index >= 15 is 0 Å². The Bertz CT molecular complexity index is 1220. The van der Waals surface area contributed by atoms with Crippen LogP contribution in [0.3, 0.4) is 0 Å². The molecule has 0 amide bonds. The van der Waals surface area contributed by atoms with Gasteiger partial charge in [-0.05, 0) is 17.7 Å². The highest BCUT2D eigenvalue weighted by Crippen LogP contribution is 2.34. The van der Waals surface area contributed by atoms with Crippen LogP contribution < -0.4 is 10.1 Å². The Kier molecular flexibility index (Phi) is 5.98. The van der Waals surface area contributed by atoms with Crippen molar-refractivity contribution in [3.63, 3.8) is 0 Å². The summed E-state index contributed by atoms with van der Waals surface area (Å²) in [5.74, 6) is 1.15. The molecular formula is C18H22N6O7S. The minimum absolute atomic E-state index is 0.291. The van der Waals surface area contributed by atoms with Crippen LogP contribution in [-0.4, -0.2) is 79.6 Å². The van der Waals surface area contributed by atoms with Crippen LogP contribution in [0.5, 0.6) is 5.75 Å². The molecule has 3 heterocycles. The maximum atomic E-state index is 11.4. The van der Waals surface area contributed by atoms with E-state index in [0.29, 0.717) is 27.8 Å². The van der Waals surface area contributed by atoms with Gasteiger partial charge in [0.15, 0.2) is 29.4 Å². The largest absolute Gasteiger partial charge is 0.497 e. The number of ether oxygens (including phenoxy) is 2. The normalized spacial score (nSPS) is 23.7. The molecule has 0 radical (unpaired) electrons. The van der Waals surface area contributed by atoms with Gasteiger partial charge in [0.2, 0.25) is 0 Å². The van der Waals surface area contributed by atoms with Crippen molar-refractivity contribution in [2.45, 2.75) is 31.2 Å². The van der Waals surface area contributed by atoms with Crippen LogP contribution in [0.1, 0.15) is 11.8 Å².